The highest BCUT2D eigenvalue weighted by Crippen LogP contribution is 2.30. The molecular weight excluding hydrogens is 229 g/mol. The molecule has 0 N–H and O–H groups in total. The monoisotopic (exact) mass is 249 g/mol. The Labute approximate surface area is 108 Å². The number of hydrogen-bond acceptors (Lipinski definition) is 1. The van der Waals surface area contributed by atoms with E-state index < -0.39 is 0 Å². The summed E-state index contributed by atoms with van der Waals surface area (Å²) in [6.07, 6.45) is 3.07. The van der Waals surface area contributed by atoms with Gasteiger partial charge in [-0.1, -0.05) is 26.0 Å². The fourth-order valence-electron chi connectivity index (χ4n) is 2.02. The van der Waals surface area contributed by atoms with Crippen molar-refractivity contribution in [2.45, 2.75) is 45.7 Å². The molecule has 1 unspecified atom stereocenters. The van der Waals surface area contributed by atoms with Gasteiger partial charge < -0.3 is 4.90 Å². The molecule has 0 bridgehead atoms. The van der Waals surface area contributed by atoms with Gasteiger partial charge in [-0.3, -0.25) is 4.79 Å². The first-order chi connectivity index (χ1) is 8.61. The van der Waals surface area contributed by atoms with E-state index in [1.807, 2.05) is 18.7 Å². The first kappa shape index (κ1) is 13.1. The molecule has 0 aromatic heterocycles. The normalized spacial score (nSPS) is 16.4. The summed E-state index contributed by atoms with van der Waals surface area (Å²) in [6.45, 7) is 4.61. The second-order valence-electron chi connectivity index (χ2n) is 5.13. The molecule has 1 fully saturated rings. The summed E-state index contributed by atoms with van der Waals surface area (Å²) in [5.41, 5.74) is 1.000. The third-order valence-corrected chi connectivity index (χ3v) is 3.57. The number of amides is 1. The molecule has 1 aromatic carbocycles. The summed E-state index contributed by atoms with van der Waals surface area (Å²) in [4.78, 5) is 14.2. The van der Waals surface area contributed by atoms with Gasteiger partial charge in [0.1, 0.15) is 5.82 Å². The van der Waals surface area contributed by atoms with Crippen molar-refractivity contribution in [2.75, 3.05) is 0 Å². The Morgan fingerprint density at radius 3 is 2.50 bits per heavy atom. The second-order valence-corrected chi connectivity index (χ2v) is 5.13. The van der Waals surface area contributed by atoms with E-state index >= 15 is 0 Å². The van der Waals surface area contributed by atoms with Crippen LogP contribution in [-0.4, -0.2) is 16.8 Å². The molecule has 1 atom stereocenters. The molecule has 1 saturated carbocycles. The Hall–Kier alpha value is -1.38. The van der Waals surface area contributed by atoms with Gasteiger partial charge in [0, 0.05) is 18.5 Å². The number of carbonyl (C=O) groups excluding carboxylic acids is 1. The maximum atomic E-state index is 12.9. The van der Waals surface area contributed by atoms with Crippen molar-refractivity contribution in [3.8, 4) is 0 Å². The zero-order valence-corrected chi connectivity index (χ0v) is 11.0. The third-order valence-electron chi connectivity index (χ3n) is 3.57. The first-order valence-electron chi connectivity index (χ1n) is 6.66. The van der Waals surface area contributed by atoms with E-state index in [1.165, 1.54) is 12.1 Å². The number of halogens is 1. The van der Waals surface area contributed by atoms with Gasteiger partial charge in [0.15, 0.2) is 0 Å². The Kier molecular flexibility index (Phi) is 4.00. The minimum atomic E-state index is -0.232. The summed E-state index contributed by atoms with van der Waals surface area (Å²) in [7, 11) is 0. The van der Waals surface area contributed by atoms with Crippen molar-refractivity contribution >= 4 is 5.91 Å². The number of rotatable bonds is 5. The van der Waals surface area contributed by atoms with Gasteiger partial charge >= 0.3 is 0 Å². The molecule has 1 aromatic rings. The van der Waals surface area contributed by atoms with E-state index in [2.05, 4.69) is 0 Å². The molecule has 98 valence electrons. The minimum absolute atomic E-state index is 0.0750. The van der Waals surface area contributed by atoms with Gasteiger partial charge in [0.05, 0.1) is 0 Å². The highest BCUT2D eigenvalue weighted by molar-refractivity contribution is 5.79. The molecule has 1 aliphatic rings. The van der Waals surface area contributed by atoms with E-state index in [0.717, 1.165) is 24.8 Å². The van der Waals surface area contributed by atoms with Gasteiger partial charge in [-0.05, 0) is 37.0 Å². The molecule has 3 heteroatoms. The molecule has 1 amide bonds. The van der Waals surface area contributed by atoms with Crippen molar-refractivity contribution in [2.24, 2.45) is 5.92 Å². The average Bonchev–Trinajstić information content (AvgIpc) is 3.20. The summed E-state index contributed by atoms with van der Waals surface area (Å²) in [5, 5.41) is 0. The standard InChI is InChI=1S/C15H20FNO/c1-3-11(2)15(18)17(14-8-9-14)10-12-4-6-13(16)7-5-12/h4-7,11,14H,3,8-10H2,1-2H3. The maximum absolute atomic E-state index is 12.9. The molecule has 18 heavy (non-hydrogen) atoms. The van der Waals surface area contributed by atoms with E-state index in [0.29, 0.717) is 12.6 Å². The smallest absolute Gasteiger partial charge is 0.225 e. The van der Waals surface area contributed by atoms with Crippen molar-refractivity contribution in [1.82, 2.24) is 4.90 Å². The molecule has 2 nitrogen and oxygen atoms in total. The summed E-state index contributed by atoms with van der Waals surface area (Å²) >= 11 is 0. The fraction of sp³-hybridized carbons (Fsp3) is 0.533. The van der Waals surface area contributed by atoms with Gasteiger partial charge in [0.2, 0.25) is 5.91 Å². The largest absolute Gasteiger partial charge is 0.335 e. The molecule has 0 heterocycles. The SMILES string of the molecule is CCC(C)C(=O)N(Cc1ccc(F)cc1)C1CC1. The van der Waals surface area contributed by atoms with Crippen LogP contribution in [0.15, 0.2) is 24.3 Å². The second kappa shape index (κ2) is 5.51. The zero-order chi connectivity index (χ0) is 13.1. The first-order valence-corrected chi connectivity index (χ1v) is 6.66. The number of hydrogen-bond donors (Lipinski definition) is 0. The lowest BCUT2D eigenvalue weighted by atomic mass is 10.1. The highest BCUT2D eigenvalue weighted by Gasteiger charge is 2.33. The van der Waals surface area contributed by atoms with Crippen LogP contribution in [0.1, 0.15) is 38.7 Å². The molecule has 0 aliphatic heterocycles. The van der Waals surface area contributed by atoms with Crippen molar-refractivity contribution in [1.29, 1.82) is 0 Å². The third kappa shape index (κ3) is 3.09. The Morgan fingerprint density at radius 1 is 1.39 bits per heavy atom. The predicted molar refractivity (Wildman–Crippen MR) is 69.4 cm³/mol. The molecule has 0 spiro atoms. The van der Waals surface area contributed by atoms with Crippen LogP contribution in [0.4, 0.5) is 4.39 Å². The molecule has 2 rings (SSSR count). The van der Waals surface area contributed by atoms with Gasteiger partial charge in [-0.25, -0.2) is 4.39 Å². The summed E-state index contributed by atoms with van der Waals surface area (Å²) in [5.74, 6) is 0.0698. The van der Waals surface area contributed by atoms with Crippen molar-refractivity contribution in [3.05, 3.63) is 35.6 Å². The Balaban J connectivity index is 2.06. The van der Waals surface area contributed by atoms with Crippen LogP contribution in [0, 0.1) is 11.7 Å². The number of nitrogens with zero attached hydrogens (tertiary/aromatic N) is 1. The number of carbonyl (C=O) groups is 1. The highest BCUT2D eigenvalue weighted by atomic mass is 19.1. The lowest BCUT2D eigenvalue weighted by molar-refractivity contribution is -0.136. The van der Waals surface area contributed by atoms with Crippen LogP contribution >= 0.6 is 0 Å². The quantitative estimate of drug-likeness (QED) is 0.783. The molecule has 0 saturated heterocycles. The van der Waals surface area contributed by atoms with Crippen LogP contribution in [-0.2, 0) is 11.3 Å². The van der Waals surface area contributed by atoms with Crippen LogP contribution in [0.25, 0.3) is 0 Å². The summed E-state index contributed by atoms with van der Waals surface area (Å²) in [6, 6.07) is 6.82. The molecular formula is C15H20FNO. The van der Waals surface area contributed by atoms with Crippen LogP contribution in [0.3, 0.4) is 0 Å². The zero-order valence-electron chi connectivity index (χ0n) is 11.0. The lowest BCUT2D eigenvalue weighted by Gasteiger charge is -2.25. The van der Waals surface area contributed by atoms with E-state index in [-0.39, 0.29) is 17.6 Å². The van der Waals surface area contributed by atoms with Gasteiger partial charge in [0.25, 0.3) is 0 Å². The molecule has 1 aliphatic carbocycles. The van der Waals surface area contributed by atoms with E-state index in [1.54, 1.807) is 12.1 Å². The Bertz CT molecular complexity index is 411. The van der Waals surface area contributed by atoms with E-state index in [4.69, 9.17) is 0 Å². The van der Waals surface area contributed by atoms with Gasteiger partial charge in [-0.15, -0.1) is 0 Å². The Morgan fingerprint density at radius 2 is 2.00 bits per heavy atom. The van der Waals surface area contributed by atoms with Crippen LogP contribution in [0.5, 0.6) is 0 Å². The topological polar surface area (TPSA) is 20.3 Å². The van der Waals surface area contributed by atoms with E-state index in [9.17, 15) is 9.18 Å². The minimum Gasteiger partial charge on any atom is -0.335 e. The maximum Gasteiger partial charge on any atom is 0.225 e. The predicted octanol–water partition coefficient (Wildman–Crippen LogP) is 3.36. The molecule has 0 radical (unpaired) electrons. The number of benzene rings is 1. The lowest BCUT2D eigenvalue weighted by Crippen LogP contribution is -2.36. The summed E-state index contributed by atoms with van der Waals surface area (Å²) < 4.78 is 12.9. The van der Waals surface area contributed by atoms with Crippen molar-refractivity contribution in [3.63, 3.8) is 0 Å². The fourth-order valence-corrected chi connectivity index (χ4v) is 2.02. The van der Waals surface area contributed by atoms with Gasteiger partial charge in [-0.2, -0.15) is 0 Å². The van der Waals surface area contributed by atoms with Crippen LogP contribution < -0.4 is 0 Å². The van der Waals surface area contributed by atoms with Crippen LogP contribution in [0.2, 0.25) is 0 Å². The average molecular weight is 249 g/mol. The van der Waals surface area contributed by atoms with Crippen molar-refractivity contribution < 1.29 is 9.18 Å².